The summed E-state index contributed by atoms with van der Waals surface area (Å²) >= 11 is 0. The molecule has 3 atom stereocenters. The summed E-state index contributed by atoms with van der Waals surface area (Å²) in [4.78, 5) is 2.62. The SMILES string of the molecule is C[C@@H]1C2CN(C3COC3)C[C@H]21. The van der Waals surface area contributed by atoms with E-state index in [0.717, 1.165) is 37.0 Å². The summed E-state index contributed by atoms with van der Waals surface area (Å²) in [6, 6.07) is 0.787. The molecule has 1 aliphatic carbocycles. The maximum atomic E-state index is 5.18. The number of ether oxygens (including phenoxy) is 1. The van der Waals surface area contributed by atoms with Crippen molar-refractivity contribution in [3.63, 3.8) is 0 Å². The molecule has 3 aliphatic rings. The largest absolute Gasteiger partial charge is 0.378 e. The normalized spacial score (nSPS) is 50.5. The molecule has 0 amide bonds. The number of piperidine rings is 1. The molecule has 3 rings (SSSR count). The van der Waals surface area contributed by atoms with Crippen molar-refractivity contribution in [3.05, 3.63) is 0 Å². The van der Waals surface area contributed by atoms with E-state index in [9.17, 15) is 0 Å². The van der Waals surface area contributed by atoms with Gasteiger partial charge in [0.05, 0.1) is 19.3 Å². The van der Waals surface area contributed by atoms with Gasteiger partial charge in [0, 0.05) is 13.1 Å². The van der Waals surface area contributed by atoms with Crippen LogP contribution in [0, 0.1) is 17.8 Å². The molecule has 1 unspecified atom stereocenters. The average molecular weight is 153 g/mol. The smallest absolute Gasteiger partial charge is 0.0645 e. The van der Waals surface area contributed by atoms with Gasteiger partial charge in [0.25, 0.3) is 0 Å². The summed E-state index contributed by atoms with van der Waals surface area (Å²) in [5, 5.41) is 0. The van der Waals surface area contributed by atoms with Crippen LogP contribution in [-0.2, 0) is 4.74 Å². The van der Waals surface area contributed by atoms with E-state index in [1.807, 2.05) is 0 Å². The van der Waals surface area contributed by atoms with Crippen molar-refractivity contribution in [1.82, 2.24) is 4.90 Å². The minimum absolute atomic E-state index is 0.787. The molecule has 0 N–H and O–H groups in total. The number of hydrogen-bond acceptors (Lipinski definition) is 2. The van der Waals surface area contributed by atoms with E-state index in [0.29, 0.717) is 0 Å². The second-order valence-corrected chi connectivity index (χ2v) is 4.33. The van der Waals surface area contributed by atoms with Crippen LogP contribution < -0.4 is 0 Å². The quantitative estimate of drug-likeness (QED) is 0.546. The first-order chi connectivity index (χ1) is 5.36. The highest BCUT2D eigenvalue weighted by Gasteiger charge is 2.54. The predicted molar refractivity (Wildman–Crippen MR) is 42.3 cm³/mol. The van der Waals surface area contributed by atoms with Gasteiger partial charge < -0.3 is 4.74 Å². The molecule has 2 heterocycles. The Morgan fingerprint density at radius 3 is 2.27 bits per heavy atom. The number of likely N-dealkylation sites (tertiary alicyclic amines) is 1. The topological polar surface area (TPSA) is 12.5 Å². The Morgan fingerprint density at radius 2 is 1.82 bits per heavy atom. The van der Waals surface area contributed by atoms with Crippen molar-refractivity contribution in [3.8, 4) is 0 Å². The first-order valence-corrected chi connectivity index (χ1v) is 4.68. The number of fused-ring (bicyclic) bond motifs is 1. The highest BCUT2D eigenvalue weighted by atomic mass is 16.5. The van der Waals surface area contributed by atoms with Crippen LogP contribution in [0.25, 0.3) is 0 Å². The van der Waals surface area contributed by atoms with E-state index in [1.165, 1.54) is 13.1 Å². The van der Waals surface area contributed by atoms with Gasteiger partial charge in [0.15, 0.2) is 0 Å². The second-order valence-electron chi connectivity index (χ2n) is 4.33. The third-order valence-electron chi connectivity index (χ3n) is 3.79. The molecule has 2 heteroatoms. The Labute approximate surface area is 67.5 Å². The third-order valence-corrected chi connectivity index (χ3v) is 3.79. The third kappa shape index (κ3) is 0.798. The maximum absolute atomic E-state index is 5.18. The van der Waals surface area contributed by atoms with E-state index in [2.05, 4.69) is 11.8 Å². The first-order valence-electron chi connectivity index (χ1n) is 4.68. The highest BCUT2D eigenvalue weighted by molar-refractivity contribution is 5.04. The number of hydrogen-bond donors (Lipinski definition) is 0. The van der Waals surface area contributed by atoms with Gasteiger partial charge >= 0.3 is 0 Å². The minimum atomic E-state index is 0.787. The van der Waals surface area contributed by atoms with Gasteiger partial charge in [-0.3, -0.25) is 4.90 Å². The van der Waals surface area contributed by atoms with Crippen molar-refractivity contribution in [2.24, 2.45) is 17.8 Å². The Morgan fingerprint density at radius 1 is 1.18 bits per heavy atom. The fraction of sp³-hybridized carbons (Fsp3) is 1.00. The zero-order valence-electron chi connectivity index (χ0n) is 6.99. The lowest BCUT2D eigenvalue weighted by molar-refractivity contribution is -0.0615. The maximum Gasteiger partial charge on any atom is 0.0645 e. The average Bonchev–Trinajstić information content (AvgIpc) is 2.42. The molecule has 1 saturated carbocycles. The van der Waals surface area contributed by atoms with Crippen molar-refractivity contribution in [2.45, 2.75) is 13.0 Å². The van der Waals surface area contributed by atoms with Gasteiger partial charge in [0.2, 0.25) is 0 Å². The molecule has 2 saturated heterocycles. The molecule has 11 heavy (non-hydrogen) atoms. The van der Waals surface area contributed by atoms with Crippen LogP contribution in [0.2, 0.25) is 0 Å². The van der Waals surface area contributed by atoms with Crippen LogP contribution in [0.1, 0.15) is 6.92 Å². The van der Waals surface area contributed by atoms with Crippen LogP contribution in [0.4, 0.5) is 0 Å². The van der Waals surface area contributed by atoms with E-state index in [1.54, 1.807) is 0 Å². The summed E-state index contributed by atoms with van der Waals surface area (Å²) in [7, 11) is 0. The van der Waals surface area contributed by atoms with Crippen LogP contribution >= 0.6 is 0 Å². The highest BCUT2D eigenvalue weighted by Crippen LogP contribution is 2.51. The Balaban J connectivity index is 1.60. The van der Waals surface area contributed by atoms with Crippen LogP contribution in [0.5, 0.6) is 0 Å². The van der Waals surface area contributed by atoms with E-state index < -0.39 is 0 Å². The van der Waals surface area contributed by atoms with Gasteiger partial charge in [-0.05, 0) is 17.8 Å². The Hall–Kier alpha value is -0.0800. The summed E-state index contributed by atoms with van der Waals surface area (Å²) < 4.78 is 5.18. The minimum Gasteiger partial charge on any atom is -0.378 e. The Kier molecular flexibility index (Phi) is 1.16. The van der Waals surface area contributed by atoms with Gasteiger partial charge in [-0.15, -0.1) is 0 Å². The van der Waals surface area contributed by atoms with Crippen LogP contribution in [0.3, 0.4) is 0 Å². The van der Waals surface area contributed by atoms with Crippen LogP contribution in [0.15, 0.2) is 0 Å². The summed E-state index contributed by atoms with van der Waals surface area (Å²) in [6.45, 7) is 7.10. The molecule has 0 aromatic heterocycles. The zero-order valence-corrected chi connectivity index (χ0v) is 6.99. The predicted octanol–water partition coefficient (Wildman–Crippen LogP) is 0.583. The fourth-order valence-corrected chi connectivity index (χ4v) is 2.59. The first kappa shape index (κ1) is 6.44. The van der Waals surface area contributed by atoms with Crippen molar-refractivity contribution < 1.29 is 4.74 Å². The number of nitrogens with zero attached hydrogens (tertiary/aromatic N) is 1. The van der Waals surface area contributed by atoms with Crippen molar-refractivity contribution >= 4 is 0 Å². The lowest BCUT2D eigenvalue weighted by atomic mass is 10.2. The number of rotatable bonds is 1. The molecule has 0 aromatic carbocycles. The molecule has 0 aromatic rings. The molecule has 0 spiro atoms. The van der Waals surface area contributed by atoms with E-state index in [4.69, 9.17) is 4.74 Å². The lowest BCUT2D eigenvalue weighted by Crippen LogP contribution is -2.48. The van der Waals surface area contributed by atoms with Gasteiger partial charge in [0.1, 0.15) is 0 Å². The molecular formula is C9H15NO. The lowest BCUT2D eigenvalue weighted by Gasteiger charge is -2.35. The van der Waals surface area contributed by atoms with E-state index >= 15 is 0 Å². The van der Waals surface area contributed by atoms with Gasteiger partial charge in [-0.1, -0.05) is 6.92 Å². The van der Waals surface area contributed by atoms with Gasteiger partial charge in [-0.2, -0.15) is 0 Å². The second kappa shape index (κ2) is 1.99. The molecule has 2 aliphatic heterocycles. The van der Waals surface area contributed by atoms with Crippen molar-refractivity contribution in [2.75, 3.05) is 26.3 Å². The molecule has 0 bridgehead atoms. The van der Waals surface area contributed by atoms with Crippen molar-refractivity contribution in [1.29, 1.82) is 0 Å². The fourth-order valence-electron chi connectivity index (χ4n) is 2.59. The molecule has 62 valence electrons. The molecule has 0 radical (unpaired) electrons. The summed E-state index contributed by atoms with van der Waals surface area (Å²) in [6.07, 6.45) is 0. The van der Waals surface area contributed by atoms with Crippen LogP contribution in [-0.4, -0.2) is 37.2 Å². The molecular weight excluding hydrogens is 138 g/mol. The van der Waals surface area contributed by atoms with Gasteiger partial charge in [-0.25, -0.2) is 0 Å². The summed E-state index contributed by atoms with van der Waals surface area (Å²) in [5.74, 6) is 3.14. The standard InChI is InChI=1S/C9H15NO/c1-6-8-2-10(3-9(6)8)7-4-11-5-7/h6-9H,2-5H2,1H3/t6-,8-,9?/m0/s1. The molecule has 3 fully saturated rings. The monoisotopic (exact) mass is 153 g/mol. The Bertz CT molecular complexity index is 166. The van der Waals surface area contributed by atoms with E-state index in [-0.39, 0.29) is 0 Å². The molecule has 2 nitrogen and oxygen atoms in total. The zero-order chi connectivity index (χ0) is 7.42. The summed E-state index contributed by atoms with van der Waals surface area (Å²) in [5.41, 5.74) is 0.